The molecule has 0 aliphatic carbocycles. The van der Waals surface area contributed by atoms with E-state index in [1.165, 1.54) is 0 Å². The van der Waals surface area contributed by atoms with Crippen molar-refractivity contribution in [3.05, 3.63) is 30.0 Å². The molecule has 1 amide bonds. The van der Waals surface area contributed by atoms with Crippen molar-refractivity contribution in [3.63, 3.8) is 0 Å². The summed E-state index contributed by atoms with van der Waals surface area (Å²) in [6.07, 6.45) is 1.75. The van der Waals surface area contributed by atoms with Crippen molar-refractivity contribution >= 4 is 16.8 Å². The Morgan fingerprint density at radius 1 is 1.42 bits per heavy atom. The molecule has 0 aliphatic heterocycles. The Balaban J connectivity index is 2.03. The van der Waals surface area contributed by atoms with Crippen LogP contribution in [0.15, 0.2) is 24.4 Å². The molecule has 1 atom stereocenters. The molecule has 0 radical (unpaired) electrons. The summed E-state index contributed by atoms with van der Waals surface area (Å²) in [6.45, 7) is 9.38. The molecule has 2 aromatic rings. The number of hydrogen-bond donors (Lipinski definition) is 2. The monoisotopic (exact) mass is 259 g/mol. The summed E-state index contributed by atoms with van der Waals surface area (Å²) in [5.74, 6) is 0.389. The second-order valence-electron chi connectivity index (χ2n) is 6.15. The van der Waals surface area contributed by atoms with Crippen LogP contribution in [0.2, 0.25) is 0 Å². The van der Waals surface area contributed by atoms with Crippen LogP contribution in [0.5, 0.6) is 0 Å². The molecule has 2 N–H and O–H groups in total. The maximum Gasteiger partial charge on any atom is 0.251 e. The number of aromatic nitrogens is 2. The number of amides is 1. The molecule has 19 heavy (non-hydrogen) atoms. The van der Waals surface area contributed by atoms with E-state index in [1.807, 2.05) is 18.2 Å². The van der Waals surface area contributed by atoms with Gasteiger partial charge >= 0.3 is 0 Å². The van der Waals surface area contributed by atoms with Crippen LogP contribution in [0.3, 0.4) is 0 Å². The molecule has 1 heterocycles. The van der Waals surface area contributed by atoms with Crippen molar-refractivity contribution < 1.29 is 4.79 Å². The molecule has 4 nitrogen and oxygen atoms in total. The summed E-state index contributed by atoms with van der Waals surface area (Å²) in [5, 5.41) is 10.8. The highest BCUT2D eigenvalue weighted by Gasteiger charge is 2.20. The second-order valence-corrected chi connectivity index (χ2v) is 6.15. The Morgan fingerprint density at radius 2 is 2.16 bits per heavy atom. The van der Waals surface area contributed by atoms with Gasteiger partial charge in [0.1, 0.15) is 0 Å². The van der Waals surface area contributed by atoms with Crippen LogP contribution >= 0.6 is 0 Å². The average Bonchev–Trinajstić information content (AvgIpc) is 2.81. The summed E-state index contributed by atoms with van der Waals surface area (Å²) in [6, 6.07) is 5.56. The fraction of sp³-hybridized carbons (Fsp3) is 0.467. The van der Waals surface area contributed by atoms with E-state index in [0.29, 0.717) is 18.0 Å². The van der Waals surface area contributed by atoms with Gasteiger partial charge in [0, 0.05) is 17.5 Å². The fourth-order valence-corrected chi connectivity index (χ4v) is 1.73. The molecule has 1 aromatic carbocycles. The van der Waals surface area contributed by atoms with E-state index in [9.17, 15) is 4.79 Å². The minimum absolute atomic E-state index is 0.0346. The SMILES string of the molecule is CC(CNC(=O)c1ccc2cn[nH]c2c1)C(C)(C)C. The van der Waals surface area contributed by atoms with Crippen LogP contribution in [0.4, 0.5) is 0 Å². The molecule has 2 rings (SSSR count). The van der Waals surface area contributed by atoms with Crippen molar-refractivity contribution in [1.82, 2.24) is 15.5 Å². The summed E-state index contributed by atoms with van der Waals surface area (Å²) in [7, 11) is 0. The van der Waals surface area contributed by atoms with E-state index < -0.39 is 0 Å². The number of carbonyl (C=O) groups excluding carboxylic acids is 1. The summed E-state index contributed by atoms with van der Waals surface area (Å²) < 4.78 is 0. The van der Waals surface area contributed by atoms with Gasteiger partial charge in [0.15, 0.2) is 0 Å². The molecule has 0 spiro atoms. The van der Waals surface area contributed by atoms with Gasteiger partial charge in [-0.2, -0.15) is 5.10 Å². The molecule has 0 aliphatic rings. The third-order valence-electron chi connectivity index (χ3n) is 3.75. The Hall–Kier alpha value is -1.84. The quantitative estimate of drug-likeness (QED) is 0.890. The average molecular weight is 259 g/mol. The van der Waals surface area contributed by atoms with Crippen LogP contribution in [0.1, 0.15) is 38.1 Å². The number of hydrogen-bond acceptors (Lipinski definition) is 2. The molecule has 102 valence electrons. The van der Waals surface area contributed by atoms with Gasteiger partial charge in [-0.25, -0.2) is 0 Å². The first-order valence-electron chi connectivity index (χ1n) is 6.59. The van der Waals surface area contributed by atoms with Crippen molar-refractivity contribution in [1.29, 1.82) is 0 Å². The molecular formula is C15H21N3O. The van der Waals surface area contributed by atoms with E-state index in [1.54, 1.807) is 6.20 Å². The smallest absolute Gasteiger partial charge is 0.251 e. The Morgan fingerprint density at radius 3 is 2.84 bits per heavy atom. The maximum atomic E-state index is 12.1. The number of nitrogens with zero attached hydrogens (tertiary/aromatic N) is 1. The molecule has 0 fully saturated rings. The summed E-state index contributed by atoms with van der Waals surface area (Å²) >= 11 is 0. The minimum Gasteiger partial charge on any atom is -0.352 e. The normalized spacial score (nSPS) is 13.5. The highest BCUT2D eigenvalue weighted by Crippen LogP contribution is 2.24. The number of H-pyrrole nitrogens is 1. The maximum absolute atomic E-state index is 12.1. The number of nitrogens with one attached hydrogen (secondary N) is 2. The number of carbonyl (C=O) groups is 1. The predicted octanol–water partition coefficient (Wildman–Crippen LogP) is 2.97. The van der Waals surface area contributed by atoms with Crippen LogP contribution < -0.4 is 5.32 Å². The van der Waals surface area contributed by atoms with Crippen molar-refractivity contribution in [2.24, 2.45) is 11.3 Å². The zero-order valence-electron chi connectivity index (χ0n) is 11.9. The van der Waals surface area contributed by atoms with Crippen LogP contribution in [-0.2, 0) is 0 Å². The van der Waals surface area contributed by atoms with E-state index in [4.69, 9.17) is 0 Å². The minimum atomic E-state index is -0.0346. The number of aromatic amines is 1. The van der Waals surface area contributed by atoms with Gasteiger partial charge in [0.2, 0.25) is 0 Å². The van der Waals surface area contributed by atoms with E-state index >= 15 is 0 Å². The molecular weight excluding hydrogens is 238 g/mol. The fourth-order valence-electron chi connectivity index (χ4n) is 1.73. The Bertz CT molecular complexity index is 580. The van der Waals surface area contributed by atoms with Gasteiger partial charge in [-0.15, -0.1) is 0 Å². The zero-order chi connectivity index (χ0) is 14.0. The van der Waals surface area contributed by atoms with Gasteiger partial charge < -0.3 is 5.32 Å². The molecule has 0 saturated carbocycles. The van der Waals surface area contributed by atoms with Crippen molar-refractivity contribution in [3.8, 4) is 0 Å². The highest BCUT2D eigenvalue weighted by atomic mass is 16.1. The van der Waals surface area contributed by atoms with Crippen LogP contribution in [-0.4, -0.2) is 22.6 Å². The van der Waals surface area contributed by atoms with Gasteiger partial charge in [-0.3, -0.25) is 9.89 Å². The lowest BCUT2D eigenvalue weighted by Crippen LogP contribution is -2.33. The van der Waals surface area contributed by atoms with E-state index in [0.717, 1.165) is 10.9 Å². The molecule has 4 heteroatoms. The van der Waals surface area contributed by atoms with Crippen LogP contribution in [0, 0.1) is 11.3 Å². The topological polar surface area (TPSA) is 57.8 Å². The van der Waals surface area contributed by atoms with Gasteiger partial charge in [0.25, 0.3) is 5.91 Å². The largest absolute Gasteiger partial charge is 0.352 e. The second kappa shape index (κ2) is 5.03. The standard InChI is InChI=1S/C15H21N3O/c1-10(15(2,3)4)8-16-14(19)11-5-6-12-9-17-18-13(12)7-11/h5-7,9-10H,8H2,1-4H3,(H,16,19)(H,17,18). The van der Waals surface area contributed by atoms with Gasteiger partial charge in [-0.1, -0.05) is 33.8 Å². The Kier molecular flexibility index (Phi) is 3.60. The predicted molar refractivity (Wildman–Crippen MR) is 77.0 cm³/mol. The van der Waals surface area contributed by atoms with Crippen LogP contribution in [0.25, 0.3) is 10.9 Å². The first-order chi connectivity index (χ1) is 8.88. The first kappa shape index (κ1) is 13.6. The van der Waals surface area contributed by atoms with Crippen molar-refractivity contribution in [2.45, 2.75) is 27.7 Å². The van der Waals surface area contributed by atoms with E-state index in [2.05, 4.69) is 43.2 Å². The highest BCUT2D eigenvalue weighted by molar-refractivity contribution is 5.97. The lowest BCUT2D eigenvalue weighted by molar-refractivity contribution is 0.0937. The molecule has 1 aromatic heterocycles. The summed E-state index contributed by atoms with van der Waals surface area (Å²) in [4.78, 5) is 12.1. The molecule has 0 bridgehead atoms. The third kappa shape index (κ3) is 3.13. The summed E-state index contributed by atoms with van der Waals surface area (Å²) in [5.41, 5.74) is 1.75. The lowest BCUT2D eigenvalue weighted by atomic mass is 9.82. The zero-order valence-corrected chi connectivity index (χ0v) is 11.9. The number of fused-ring (bicyclic) bond motifs is 1. The Labute approximate surface area is 113 Å². The van der Waals surface area contributed by atoms with Gasteiger partial charge in [-0.05, 0) is 23.5 Å². The number of rotatable bonds is 3. The first-order valence-corrected chi connectivity index (χ1v) is 6.59. The number of benzene rings is 1. The van der Waals surface area contributed by atoms with Gasteiger partial charge in [0.05, 0.1) is 11.7 Å². The molecule has 1 unspecified atom stereocenters. The lowest BCUT2D eigenvalue weighted by Gasteiger charge is -2.27. The molecule has 0 saturated heterocycles. The van der Waals surface area contributed by atoms with E-state index in [-0.39, 0.29) is 11.3 Å². The third-order valence-corrected chi connectivity index (χ3v) is 3.75. The van der Waals surface area contributed by atoms with Crippen molar-refractivity contribution in [2.75, 3.05) is 6.54 Å².